The van der Waals surface area contributed by atoms with Crippen molar-refractivity contribution < 1.29 is 18.0 Å². The number of rotatable bonds is 8. The molecule has 12 heteroatoms. The lowest BCUT2D eigenvalue weighted by atomic mass is 9.78. The first-order valence-electron chi connectivity index (χ1n) is 16.4. The predicted octanol–water partition coefficient (Wildman–Crippen LogP) is 7.04. The van der Waals surface area contributed by atoms with Crippen molar-refractivity contribution >= 4 is 17.5 Å². The maximum Gasteiger partial charge on any atom is 0.416 e. The lowest BCUT2D eigenvalue weighted by molar-refractivity contribution is -0.138. The number of likely N-dealkylation sites (tertiary alicyclic amines) is 1. The third-order valence-corrected chi connectivity index (χ3v) is 9.79. The number of nitrogens with zero attached hydrogens (tertiary/aromatic N) is 7. The van der Waals surface area contributed by atoms with Gasteiger partial charge in [-0.25, -0.2) is 4.98 Å². The number of carbonyl (C=O) groups excluding carboxylic acids is 1. The lowest BCUT2D eigenvalue weighted by Crippen LogP contribution is -2.54. The molecule has 0 atom stereocenters. The van der Waals surface area contributed by atoms with E-state index in [9.17, 15) is 23.2 Å². The minimum Gasteiger partial charge on any atom is -0.370 e. The van der Waals surface area contributed by atoms with Gasteiger partial charge in [-0.15, -0.1) is 10.2 Å². The number of nitrogens with one attached hydrogen (secondary N) is 1. The van der Waals surface area contributed by atoms with E-state index in [4.69, 9.17) is 4.98 Å². The normalized spacial score (nSPS) is 17.2. The van der Waals surface area contributed by atoms with Crippen molar-refractivity contribution in [2.24, 2.45) is 18.4 Å². The molecular weight excluding hydrogens is 617 g/mol. The Balaban J connectivity index is 1.28. The fraction of sp³-hybridized carbons (Fsp3) is 0.417. The highest BCUT2D eigenvalue weighted by atomic mass is 19.4. The fourth-order valence-corrected chi connectivity index (χ4v) is 7.49. The standard InChI is InChI=1S/C36H37F3N8O/c1-22(2)16-41-31-13-25(27-10-23(15-40)6-7-26(27)33-44-42-21-45(33)3)14-32(43-31)47-18-29-28(34(47)48)11-24(12-30(29)36(37,38)39)17-46-19-35(20-46)8-4-5-9-35/h6-7,10-14,21-22H,4-5,8-9,16-20H2,1-3H3,(H,41,43). The maximum absolute atomic E-state index is 14.6. The van der Waals surface area contributed by atoms with Gasteiger partial charge in [0.05, 0.1) is 23.7 Å². The smallest absolute Gasteiger partial charge is 0.370 e. The minimum atomic E-state index is -4.62. The van der Waals surface area contributed by atoms with Crippen molar-refractivity contribution in [2.45, 2.75) is 58.8 Å². The van der Waals surface area contributed by atoms with Crippen LogP contribution in [0.5, 0.6) is 0 Å². The number of fused-ring (bicyclic) bond motifs is 1. The number of alkyl halides is 3. The van der Waals surface area contributed by atoms with E-state index >= 15 is 0 Å². The molecule has 1 saturated carbocycles. The van der Waals surface area contributed by atoms with Crippen LogP contribution >= 0.6 is 0 Å². The van der Waals surface area contributed by atoms with Crippen LogP contribution < -0.4 is 10.2 Å². The molecule has 4 aromatic rings. The zero-order valence-electron chi connectivity index (χ0n) is 27.2. The van der Waals surface area contributed by atoms with E-state index in [2.05, 4.69) is 26.5 Å². The second kappa shape index (κ2) is 12.0. The van der Waals surface area contributed by atoms with E-state index in [0.717, 1.165) is 13.1 Å². The first-order valence-corrected chi connectivity index (χ1v) is 16.4. The van der Waals surface area contributed by atoms with E-state index in [0.29, 0.717) is 58.0 Å². The van der Waals surface area contributed by atoms with Gasteiger partial charge in [0, 0.05) is 44.4 Å². The summed E-state index contributed by atoms with van der Waals surface area (Å²) in [4.78, 5) is 22.3. The van der Waals surface area contributed by atoms with Crippen LogP contribution in [0, 0.1) is 22.7 Å². The molecule has 48 heavy (non-hydrogen) atoms. The van der Waals surface area contributed by atoms with Gasteiger partial charge in [-0.2, -0.15) is 18.4 Å². The van der Waals surface area contributed by atoms with Crippen molar-refractivity contribution in [3.05, 3.63) is 76.6 Å². The molecule has 7 rings (SSSR count). The Morgan fingerprint density at radius 2 is 1.81 bits per heavy atom. The molecule has 1 aliphatic carbocycles. The van der Waals surface area contributed by atoms with Crippen molar-refractivity contribution in [3.63, 3.8) is 0 Å². The van der Waals surface area contributed by atoms with Crippen LogP contribution in [0.1, 0.15) is 72.1 Å². The third-order valence-electron chi connectivity index (χ3n) is 9.79. The average Bonchev–Trinajstić information content (AvgIpc) is 3.78. The van der Waals surface area contributed by atoms with Crippen LogP contribution in [0.15, 0.2) is 48.8 Å². The Labute approximate surface area is 277 Å². The molecule has 1 saturated heterocycles. The fourth-order valence-electron chi connectivity index (χ4n) is 7.49. The lowest BCUT2D eigenvalue weighted by Gasteiger charge is -2.48. The number of nitriles is 1. The predicted molar refractivity (Wildman–Crippen MR) is 176 cm³/mol. The van der Waals surface area contributed by atoms with Gasteiger partial charge >= 0.3 is 6.18 Å². The van der Waals surface area contributed by atoms with Gasteiger partial charge in [-0.1, -0.05) is 26.7 Å². The molecule has 1 N–H and O–H groups in total. The second-order valence-electron chi connectivity index (χ2n) is 13.9. The van der Waals surface area contributed by atoms with Gasteiger partial charge in [0.25, 0.3) is 5.91 Å². The molecule has 2 aliphatic heterocycles. The van der Waals surface area contributed by atoms with Crippen molar-refractivity contribution in [1.82, 2.24) is 24.6 Å². The van der Waals surface area contributed by atoms with E-state index < -0.39 is 17.6 Å². The van der Waals surface area contributed by atoms with Crippen LogP contribution in [-0.2, 0) is 26.3 Å². The highest BCUT2D eigenvalue weighted by Gasteiger charge is 2.45. The molecular formula is C36H37F3N8O. The Kier molecular flexibility index (Phi) is 7.98. The summed E-state index contributed by atoms with van der Waals surface area (Å²) < 4.78 is 45.4. The number of aromatic nitrogens is 4. The molecule has 0 radical (unpaired) electrons. The summed E-state index contributed by atoms with van der Waals surface area (Å²) in [5.74, 6) is 0.994. The zero-order chi connectivity index (χ0) is 33.8. The van der Waals surface area contributed by atoms with Crippen LogP contribution in [0.25, 0.3) is 22.5 Å². The average molecular weight is 655 g/mol. The summed E-state index contributed by atoms with van der Waals surface area (Å²) in [7, 11) is 1.81. The first-order chi connectivity index (χ1) is 22.9. The van der Waals surface area contributed by atoms with Gasteiger partial charge in [0.15, 0.2) is 5.82 Å². The summed E-state index contributed by atoms with van der Waals surface area (Å²) >= 11 is 0. The molecule has 2 aromatic carbocycles. The van der Waals surface area contributed by atoms with Crippen molar-refractivity contribution in [2.75, 3.05) is 29.9 Å². The summed E-state index contributed by atoms with van der Waals surface area (Å²) in [6, 6.07) is 13.8. The minimum absolute atomic E-state index is 0.0396. The molecule has 248 valence electrons. The first kappa shape index (κ1) is 31.8. The molecule has 2 fully saturated rings. The SMILES string of the molecule is CC(C)CNc1cc(-c2cc(C#N)ccc2-c2nncn2C)cc(N2Cc3c(cc(CN4CC5(CCCC5)C4)cc3C(F)(F)F)C2=O)n1. The van der Waals surface area contributed by atoms with E-state index in [1.54, 1.807) is 41.2 Å². The van der Waals surface area contributed by atoms with Crippen molar-refractivity contribution in [3.8, 4) is 28.6 Å². The monoisotopic (exact) mass is 654 g/mol. The third kappa shape index (κ3) is 5.92. The Morgan fingerprint density at radius 1 is 1.04 bits per heavy atom. The molecule has 1 amide bonds. The molecule has 2 aromatic heterocycles. The van der Waals surface area contributed by atoms with Crippen molar-refractivity contribution in [1.29, 1.82) is 5.26 Å². The molecule has 1 spiro atoms. The Morgan fingerprint density at radius 3 is 2.48 bits per heavy atom. The quantitative estimate of drug-likeness (QED) is 0.218. The van der Waals surface area contributed by atoms with Crippen LogP contribution in [0.3, 0.4) is 0 Å². The summed E-state index contributed by atoms with van der Waals surface area (Å²) in [6.07, 6.45) is 1.73. The number of anilines is 2. The number of carbonyl (C=O) groups is 1. The largest absolute Gasteiger partial charge is 0.416 e. The van der Waals surface area contributed by atoms with Gasteiger partial charge in [0.1, 0.15) is 18.0 Å². The number of amides is 1. The topological polar surface area (TPSA) is 103 Å². The van der Waals surface area contributed by atoms with Crippen LogP contribution in [-0.4, -0.2) is 50.2 Å². The number of benzene rings is 2. The van der Waals surface area contributed by atoms with Gasteiger partial charge < -0.3 is 9.88 Å². The molecule has 0 unspecified atom stereocenters. The molecule has 3 aliphatic rings. The summed E-state index contributed by atoms with van der Waals surface area (Å²) in [5, 5.41) is 21.3. The Bertz CT molecular complexity index is 1930. The number of hydrogen-bond donors (Lipinski definition) is 1. The van der Waals surface area contributed by atoms with Crippen LogP contribution in [0.4, 0.5) is 24.8 Å². The highest BCUT2D eigenvalue weighted by Crippen LogP contribution is 2.47. The van der Waals surface area contributed by atoms with Gasteiger partial charge in [-0.3, -0.25) is 14.6 Å². The van der Waals surface area contributed by atoms with Crippen LogP contribution in [0.2, 0.25) is 0 Å². The molecule has 9 nitrogen and oxygen atoms in total. The summed E-state index contributed by atoms with van der Waals surface area (Å²) in [6.45, 7) is 6.57. The number of hydrogen-bond acceptors (Lipinski definition) is 7. The number of halogens is 3. The summed E-state index contributed by atoms with van der Waals surface area (Å²) in [5.41, 5.74) is 2.44. The van der Waals surface area contributed by atoms with E-state index in [1.165, 1.54) is 36.6 Å². The van der Waals surface area contributed by atoms with Gasteiger partial charge in [0.2, 0.25) is 0 Å². The maximum atomic E-state index is 14.6. The molecule has 0 bridgehead atoms. The molecule has 4 heterocycles. The second-order valence-corrected chi connectivity index (χ2v) is 13.9. The van der Waals surface area contributed by atoms with Gasteiger partial charge in [-0.05, 0) is 88.9 Å². The number of pyridine rings is 1. The Hall–Kier alpha value is -4.76. The van der Waals surface area contributed by atoms with E-state index in [-0.39, 0.29) is 29.4 Å². The number of aryl methyl sites for hydroxylation is 1. The van der Waals surface area contributed by atoms with E-state index in [1.807, 2.05) is 27.0 Å². The zero-order valence-corrected chi connectivity index (χ0v) is 27.2. The highest BCUT2D eigenvalue weighted by molar-refractivity contribution is 6.10.